The molecule has 2 aliphatic rings. The first-order valence-electron chi connectivity index (χ1n) is 17.0. The summed E-state index contributed by atoms with van der Waals surface area (Å²) in [5, 5.41) is 25.3. The van der Waals surface area contributed by atoms with Crippen molar-refractivity contribution in [3.8, 4) is 22.9 Å². The van der Waals surface area contributed by atoms with Crippen molar-refractivity contribution in [2.75, 3.05) is 44.6 Å². The van der Waals surface area contributed by atoms with Crippen molar-refractivity contribution >= 4 is 29.2 Å². The quantitative estimate of drug-likeness (QED) is 0.141. The van der Waals surface area contributed by atoms with Crippen molar-refractivity contribution in [3.05, 3.63) is 77.9 Å². The number of H-pyrrole nitrogens is 1. The maximum Gasteiger partial charge on any atom is 0.407 e. The number of carbonyl (C=O) groups excluding carboxylic acids is 1. The van der Waals surface area contributed by atoms with Crippen LogP contribution in [0.15, 0.2) is 55.1 Å². The van der Waals surface area contributed by atoms with Gasteiger partial charge in [-0.2, -0.15) is 14.7 Å². The molecular weight excluding hydrogens is 662 g/mol. The number of nitrogens with zero attached hydrogens (tertiary/aromatic N) is 7. The summed E-state index contributed by atoms with van der Waals surface area (Å²) in [4.78, 5) is 37.3. The summed E-state index contributed by atoms with van der Waals surface area (Å²) in [5.74, 6) is -1.57. The molecule has 1 unspecified atom stereocenters. The maximum absolute atomic E-state index is 15.3. The van der Waals surface area contributed by atoms with Crippen LogP contribution in [-0.2, 0) is 6.42 Å². The second kappa shape index (κ2) is 14.7. The third-order valence-corrected chi connectivity index (χ3v) is 9.68. The topological polar surface area (TPSA) is 166 Å². The van der Waals surface area contributed by atoms with Gasteiger partial charge in [0.25, 0.3) is 11.8 Å². The van der Waals surface area contributed by atoms with Gasteiger partial charge in [0.2, 0.25) is 5.82 Å². The maximum atomic E-state index is 15.3. The molecular formula is C35H38F2N10O4. The summed E-state index contributed by atoms with van der Waals surface area (Å²) >= 11 is 0. The third-order valence-electron chi connectivity index (χ3n) is 9.68. The number of aromatic nitrogens is 6. The molecule has 14 nitrogen and oxygen atoms in total. The average molecular weight is 701 g/mol. The Morgan fingerprint density at radius 1 is 1.04 bits per heavy atom. The highest BCUT2D eigenvalue weighted by Crippen LogP contribution is 2.33. The number of nitrogens with one attached hydrogen (secondary N) is 3. The highest BCUT2D eigenvalue weighted by atomic mass is 19.2. The Labute approximate surface area is 291 Å². The van der Waals surface area contributed by atoms with Crippen LogP contribution in [-0.4, -0.2) is 96.0 Å². The second-order valence-electron chi connectivity index (χ2n) is 13.0. The fraction of sp³-hybridized carbons (Fsp3) is 0.371. The molecule has 5 aromatic rings. The number of benzene rings is 2. The van der Waals surface area contributed by atoms with Gasteiger partial charge in [-0.15, -0.1) is 5.10 Å². The summed E-state index contributed by atoms with van der Waals surface area (Å²) < 4.78 is 37.1. The van der Waals surface area contributed by atoms with Crippen molar-refractivity contribution < 1.29 is 28.2 Å². The summed E-state index contributed by atoms with van der Waals surface area (Å²) in [5.41, 5.74) is 2.85. The Balaban J connectivity index is 0.973. The zero-order valence-corrected chi connectivity index (χ0v) is 28.0. The van der Waals surface area contributed by atoms with Gasteiger partial charge in [-0.25, -0.2) is 19.2 Å². The van der Waals surface area contributed by atoms with Gasteiger partial charge in [0, 0.05) is 55.4 Å². The first kappa shape index (κ1) is 33.8. The number of halogens is 2. The van der Waals surface area contributed by atoms with E-state index in [0.717, 1.165) is 44.5 Å². The van der Waals surface area contributed by atoms with Gasteiger partial charge in [0.1, 0.15) is 6.20 Å². The standard InChI is InChI=1S/C35H38F2N10O4/c1-2-23-15-24(3-4-25(23)34(48)40-16-21-7-11-45(12-8-21)19-22-9-13-46(20-22)35(49)50)42-32-33-39-17-27(47(33)14-10-38-32)26-5-6-28(31(37)30(26)36)51-29-18-41-44-43-29/h3-6,10,14-15,17-18,21-22H,2,7-9,11-13,16,19-20H2,1H3,(H,38,42)(H,40,48)(H,49,50)(H,41,43,44). The largest absolute Gasteiger partial charge is 0.465 e. The van der Waals surface area contributed by atoms with Crippen LogP contribution in [0.3, 0.4) is 0 Å². The van der Waals surface area contributed by atoms with Crippen molar-refractivity contribution in [2.45, 2.75) is 32.6 Å². The minimum Gasteiger partial charge on any atom is -0.465 e. The van der Waals surface area contributed by atoms with E-state index in [9.17, 15) is 19.1 Å². The van der Waals surface area contributed by atoms with Gasteiger partial charge in [0.15, 0.2) is 23.0 Å². The number of imidazole rings is 1. The molecule has 3 aromatic heterocycles. The van der Waals surface area contributed by atoms with Crippen LogP contribution in [0.1, 0.15) is 42.1 Å². The average Bonchev–Trinajstić information content (AvgIpc) is 3.93. The van der Waals surface area contributed by atoms with Crippen molar-refractivity contribution in [1.82, 2.24) is 44.9 Å². The van der Waals surface area contributed by atoms with Crippen LogP contribution in [0.5, 0.6) is 11.6 Å². The van der Waals surface area contributed by atoms with Crippen LogP contribution in [0.25, 0.3) is 16.9 Å². The van der Waals surface area contributed by atoms with E-state index in [1.165, 1.54) is 35.6 Å². The molecule has 2 fully saturated rings. The third kappa shape index (κ3) is 7.31. The molecule has 1 atom stereocenters. The van der Waals surface area contributed by atoms with Gasteiger partial charge >= 0.3 is 6.09 Å². The first-order valence-corrected chi connectivity index (χ1v) is 17.0. The van der Waals surface area contributed by atoms with Crippen LogP contribution in [0, 0.1) is 23.5 Å². The minimum atomic E-state index is -1.17. The zero-order valence-electron chi connectivity index (χ0n) is 28.0. The van der Waals surface area contributed by atoms with Gasteiger partial charge in [-0.3, -0.25) is 9.20 Å². The van der Waals surface area contributed by atoms with E-state index in [2.05, 4.69) is 40.9 Å². The van der Waals surface area contributed by atoms with Gasteiger partial charge in [-0.1, -0.05) is 6.92 Å². The van der Waals surface area contributed by atoms with Crippen LogP contribution < -0.4 is 15.4 Å². The van der Waals surface area contributed by atoms with E-state index >= 15 is 4.39 Å². The van der Waals surface area contributed by atoms with Crippen molar-refractivity contribution in [1.29, 1.82) is 0 Å². The molecule has 0 bridgehead atoms. The number of likely N-dealkylation sites (tertiary alicyclic amines) is 2. The van der Waals surface area contributed by atoms with E-state index in [1.54, 1.807) is 22.7 Å². The predicted molar refractivity (Wildman–Crippen MR) is 183 cm³/mol. The molecule has 2 amide bonds. The van der Waals surface area contributed by atoms with E-state index in [0.29, 0.717) is 66.3 Å². The molecule has 0 saturated carbocycles. The summed E-state index contributed by atoms with van der Waals surface area (Å²) in [6.07, 6.45) is 8.50. The molecule has 0 aliphatic carbocycles. The molecule has 0 radical (unpaired) electrons. The number of rotatable bonds is 11. The SMILES string of the molecule is CCc1cc(Nc2nccn3c(-c4ccc(Oc5cn[nH]n5)c(F)c4F)cnc23)ccc1C(=O)NCC1CCN(CC2CCN(C(=O)O)C2)CC1. The molecule has 4 N–H and O–H groups in total. The summed E-state index contributed by atoms with van der Waals surface area (Å²) in [6.45, 7) is 6.62. The normalized spacial score (nSPS) is 16.8. The zero-order chi connectivity index (χ0) is 35.5. The number of carboxylic acid groups (broad SMARTS) is 1. The van der Waals surface area contributed by atoms with Crippen molar-refractivity contribution in [2.24, 2.45) is 11.8 Å². The summed E-state index contributed by atoms with van der Waals surface area (Å²) in [6, 6.07) is 8.21. The summed E-state index contributed by atoms with van der Waals surface area (Å²) in [7, 11) is 0. The molecule has 2 aliphatic heterocycles. The van der Waals surface area contributed by atoms with Crippen LogP contribution in [0.4, 0.5) is 25.1 Å². The number of aryl methyl sites for hydroxylation is 1. The highest BCUT2D eigenvalue weighted by Gasteiger charge is 2.29. The molecule has 2 saturated heterocycles. The number of carbonyl (C=O) groups is 2. The van der Waals surface area contributed by atoms with E-state index < -0.39 is 17.7 Å². The lowest BCUT2D eigenvalue weighted by molar-refractivity contribution is 0.0932. The van der Waals surface area contributed by atoms with E-state index in [-0.39, 0.29) is 23.1 Å². The lowest BCUT2D eigenvalue weighted by atomic mass is 9.95. The number of fused-ring (bicyclic) bond motifs is 1. The first-order chi connectivity index (χ1) is 24.8. The number of aromatic amines is 1. The number of piperidine rings is 1. The lowest BCUT2D eigenvalue weighted by Gasteiger charge is -2.33. The second-order valence-corrected chi connectivity index (χ2v) is 13.0. The molecule has 16 heteroatoms. The van der Waals surface area contributed by atoms with E-state index in [1.807, 2.05) is 13.0 Å². The fourth-order valence-corrected chi connectivity index (χ4v) is 6.92. The van der Waals surface area contributed by atoms with E-state index in [4.69, 9.17) is 4.74 Å². The molecule has 7 rings (SSSR count). The fourth-order valence-electron chi connectivity index (χ4n) is 6.92. The Hall–Kier alpha value is -5.64. The van der Waals surface area contributed by atoms with Crippen LogP contribution >= 0.6 is 0 Å². The minimum absolute atomic E-state index is 0.00109. The number of ether oxygens (including phenoxy) is 1. The Bertz CT molecular complexity index is 2030. The number of amides is 2. The predicted octanol–water partition coefficient (Wildman–Crippen LogP) is 5.33. The highest BCUT2D eigenvalue weighted by molar-refractivity contribution is 5.96. The molecule has 2 aromatic carbocycles. The van der Waals surface area contributed by atoms with Crippen LogP contribution in [0.2, 0.25) is 0 Å². The smallest absolute Gasteiger partial charge is 0.407 e. The Morgan fingerprint density at radius 3 is 2.61 bits per heavy atom. The molecule has 0 spiro atoms. The van der Waals surface area contributed by atoms with Gasteiger partial charge < -0.3 is 30.3 Å². The molecule has 5 heterocycles. The number of hydrogen-bond donors (Lipinski definition) is 4. The lowest BCUT2D eigenvalue weighted by Crippen LogP contribution is -2.41. The van der Waals surface area contributed by atoms with Crippen molar-refractivity contribution in [3.63, 3.8) is 0 Å². The molecule has 266 valence electrons. The Kier molecular flexibility index (Phi) is 9.74. The molecule has 51 heavy (non-hydrogen) atoms. The Morgan fingerprint density at radius 2 is 1.86 bits per heavy atom. The van der Waals surface area contributed by atoms with Gasteiger partial charge in [0.05, 0.1) is 11.9 Å². The van der Waals surface area contributed by atoms with Gasteiger partial charge in [-0.05, 0) is 86.5 Å². The monoisotopic (exact) mass is 700 g/mol. The number of hydrogen-bond acceptors (Lipinski definition) is 9. The number of anilines is 2.